The first-order valence-corrected chi connectivity index (χ1v) is 13.2. The molecule has 1 aromatic carbocycles. The predicted molar refractivity (Wildman–Crippen MR) is 139 cm³/mol. The van der Waals surface area contributed by atoms with Gasteiger partial charge in [0, 0.05) is 29.4 Å². The van der Waals surface area contributed by atoms with Gasteiger partial charge in [-0.2, -0.15) is 0 Å². The van der Waals surface area contributed by atoms with Crippen molar-refractivity contribution in [3.63, 3.8) is 0 Å². The number of thioether (sulfide) groups is 1. The predicted octanol–water partition coefficient (Wildman–Crippen LogP) is 3.85. The highest BCUT2D eigenvalue weighted by Gasteiger charge is 2.28. The van der Waals surface area contributed by atoms with E-state index in [-0.39, 0.29) is 35.1 Å². The smallest absolute Gasteiger partial charge is 0.415 e. The van der Waals surface area contributed by atoms with Gasteiger partial charge >= 0.3 is 12.1 Å². The molecule has 1 fully saturated rings. The number of nitrogens with one attached hydrogen (secondary N) is 1. The van der Waals surface area contributed by atoms with Crippen LogP contribution >= 0.6 is 11.8 Å². The Labute approximate surface area is 221 Å². The van der Waals surface area contributed by atoms with E-state index >= 15 is 0 Å². The minimum Gasteiger partial charge on any atom is -0.481 e. The lowest BCUT2D eigenvalue weighted by Crippen LogP contribution is -2.45. The summed E-state index contributed by atoms with van der Waals surface area (Å²) in [6.07, 6.45) is 1.81. The molecule has 2 N–H and O–H groups in total. The van der Waals surface area contributed by atoms with Crippen LogP contribution in [0.3, 0.4) is 0 Å². The van der Waals surface area contributed by atoms with E-state index in [0.717, 1.165) is 19.3 Å². The molecule has 0 radical (unpaired) electrons. The van der Waals surface area contributed by atoms with Gasteiger partial charge in [-0.1, -0.05) is 32.5 Å². The van der Waals surface area contributed by atoms with Crippen LogP contribution in [0.1, 0.15) is 70.7 Å². The number of aryl methyl sites for hydroxylation is 1. The Morgan fingerprint density at radius 3 is 2.35 bits per heavy atom. The molecule has 1 aliphatic heterocycles. The Morgan fingerprint density at radius 2 is 1.76 bits per heavy atom. The van der Waals surface area contributed by atoms with E-state index in [0.29, 0.717) is 29.6 Å². The topological polar surface area (TPSA) is 140 Å². The second-order valence-electron chi connectivity index (χ2n) is 11.1. The van der Waals surface area contributed by atoms with Crippen molar-refractivity contribution in [1.82, 2.24) is 30.4 Å². The molecule has 0 spiro atoms. The van der Waals surface area contributed by atoms with Crippen LogP contribution in [-0.2, 0) is 11.3 Å². The molecule has 2 amide bonds. The number of carboxylic acids is 1. The summed E-state index contributed by atoms with van der Waals surface area (Å²) in [4.78, 5) is 37.8. The molecule has 0 unspecified atom stereocenters. The second kappa shape index (κ2) is 11.9. The van der Waals surface area contributed by atoms with Crippen LogP contribution in [0.15, 0.2) is 29.4 Å². The van der Waals surface area contributed by atoms with Crippen molar-refractivity contribution < 1.29 is 24.2 Å². The van der Waals surface area contributed by atoms with Crippen LogP contribution in [-0.4, -0.2) is 72.1 Å². The maximum Gasteiger partial charge on any atom is 0.415 e. The third-order valence-electron chi connectivity index (χ3n) is 5.75. The first-order valence-electron chi connectivity index (χ1n) is 12.4. The molecular weight excluding hydrogens is 496 g/mol. The van der Waals surface area contributed by atoms with Gasteiger partial charge in [0.1, 0.15) is 5.75 Å². The van der Waals surface area contributed by atoms with Gasteiger partial charge in [0.25, 0.3) is 5.91 Å². The lowest BCUT2D eigenvalue weighted by Gasteiger charge is -2.33. The minimum atomic E-state index is -0.906. The molecule has 1 aromatic heterocycles. The average molecular weight is 533 g/mol. The van der Waals surface area contributed by atoms with Gasteiger partial charge in [0.05, 0.1) is 13.0 Å². The van der Waals surface area contributed by atoms with Gasteiger partial charge < -0.3 is 20.1 Å². The normalized spacial score (nSPS) is 14.9. The van der Waals surface area contributed by atoms with Crippen LogP contribution in [0.2, 0.25) is 0 Å². The van der Waals surface area contributed by atoms with Crippen LogP contribution in [0, 0.1) is 5.41 Å². The van der Waals surface area contributed by atoms with E-state index in [1.54, 1.807) is 29.2 Å². The molecule has 0 saturated carbocycles. The number of aliphatic carboxylic acids is 1. The van der Waals surface area contributed by atoms with Crippen molar-refractivity contribution in [3.8, 4) is 5.75 Å². The van der Waals surface area contributed by atoms with Gasteiger partial charge in [0.2, 0.25) is 5.16 Å². The molecule has 0 atom stereocenters. The largest absolute Gasteiger partial charge is 0.481 e. The number of ether oxygens (including phenoxy) is 1. The fourth-order valence-electron chi connectivity index (χ4n) is 4.52. The van der Waals surface area contributed by atoms with Crippen molar-refractivity contribution in [2.45, 2.75) is 82.8 Å². The standard InChI is InChI=1S/C25H36N6O5S/c1-24(2,3)16-25(4,5)26-21(34)17-6-8-18(9-7-17)36-23(35)30-13-10-19(11-14-30)37-22-27-28-29-31(22)15-12-20(32)33/h6-9,19H,10-16H2,1-5H3,(H,26,34)(H,32,33). The summed E-state index contributed by atoms with van der Waals surface area (Å²) in [5.41, 5.74) is 0.237. The molecule has 2 heterocycles. The lowest BCUT2D eigenvalue weighted by atomic mass is 9.81. The van der Waals surface area contributed by atoms with Gasteiger partial charge in [-0.25, -0.2) is 9.48 Å². The third kappa shape index (κ3) is 9.03. The third-order valence-corrected chi connectivity index (χ3v) is 7.06. The van der Waals surface area contributed by atoms with Crippen molar-refractivity contribution in [2.24, 2.45) is 5.41 Å². The first-order chi connectivity index (χ1) is 17.3. The van der Waals surface area contributed by atoms with Crippen LogP contribution < -0.4 is 10.1 Å². The fourth-order valence-corrected chi connectivity index (χ4v) is 5.60. The number of rotatable bonds is 9. The first kappa shape index (κ1) is 28.4. The molecule has 12 heteroatoms. The number of amides is 2. The van der Waals surface area contributed by atoms with Crippen molar-refractivity contribution in [2.75, 3.05) is 13.1 Å². The van der Waals surface area contributed by atoms with Gasteiger partial charge in [-0.3, -0.25) is 9.59 Å². The van der Waals surface area contributed by atoms with Crippen LogP contribution in [0.4, 0.5) is 4.79 Å². The van der Waals surface area contributed by atoms with Crippen molar-refractivity contribution >= 4 is 29.7 Å². The lowest BCUT2D eigenvalue weighted by molar-refractivity contribution is -0.137. The number of nitrogens with zero attached hydrogens (tertiary/aromatic N) is 5. The summed E-state index contributed by atoms with van der Waals surface area (Å²) < 4.78 is 7.02. The summed E-state index contributed by atoms with van der Waals surface area (Å²) in [7, 11) is 0. The maximum atomic E-state index is 12.7. The molecule has 37 heavy (non-hydrogen) atoms. The Kier molecular flexibility index (Phi) is 9.16. The summed E-state index contributed by atoms with van der Waals surface area (Å²) in [5.74, 6) is -0.693. The summed E-state index contributed by atoms with van der Waals surface area (Å²) in [5, 5.41) is 24.2. The molecule has 1 saturated heterocycles. The number of aromatic nitrogens is 4. The van der Waals surface area contributed by atoms with E-state index in [1.807, 2.05) is 13.8 Å². The number of piperidine rings is 1. The van der Waals surface area contributed by atoms with E-state index < -0.39 is 12.1 Å². The number of likely N-dealkylation sites (tertiary alicyclic amines) is 1. The summed E-state index contributed by atoms with van der Waals surface area (Å²) in [6, 6.07) is 6.57. The van der Waals surface area contributed by atoms with Gasteiger partial charge in [-0.15, -0.1) is 5.10 Å². The minimum absolute atomic E-state index is 0.0519. The van der Waals surface area contributed by atoms with E-state index in [2.05, 4.69) is 41.6 Å². The molecule has 2 aromatic rings. The number of carbonyl (C=O) groups excluding carboxylic acids is 2. The molecule has 11 nitrogen and oxygen atoms in total. The highest BCUT2D eigenvalue weighted by atomic mass is 32.2. The average Bonchev–Trinajstić information content (AvgIpc) is 3.23. The molecule has 3 rings (SSSR count). The summed E-state index contributed by atoms with van der Waals surface area (Å²) in [6.45, 7) is 11.7. The number of hydrogen-bond donors (Lipinski definition) is 2. The summed E-state index contributed by atoms with van der Waals surface area (Å²) >= 11 is 1.50. The number of tetrazole rings is 1. The SMILES string of the molecule is CC(C)(C)CC(C)(C)NC(=O)c1ccc(OC(=O)N2CCC(Sc3nnnn3CCC(=O)O)CC2)cc1. The Hall–Kier alpha value is -3.15. The Bertz CT molecular complexity index is 1090. The highest BCUT2D eigenvalue weighted by molar-refractivity contribution is 7.99. The number of benzene rings is 1. The van der Waals surface area contributed by atoms with Gasteiger partial charge in [0.15, 0.2) is 0 Å². The van der Waals surface area contributed by atoms with E-state index in [9.17, 15) is 14.4 Å². The Morgan fingerprint density at radius 1 is 1.11 bits per heavy atom. The Balaban J connectivity index is 1.46. The van der Waals surface area contributed by atoms with E-state index in [4.69, 9.17) is 9.84 Å². The zero-order valence-electron chi connectivity index (χ0n) is 22.1. The van der Waals surface area contributed by atoms with Crippen LogP contribution in [0.25, 0.3) is 0 Å². The van der Waals surface area contributed by atoms with Crippen molar-refractivity contribution in [3.05, 3.63) is 29.8 Å². The molecule has 0 bridgehead atoms. The monoisotopic (exact) mass is 532 g/mol. The number of carbonyl (C=O) groups is 3. The number of carboxylic acid groups (broad SMARTS) is 1. The van der Waals surface area contributed by atoms with Crippen LogP contribution in [0.5, 0.6) is 5.75 Å². The maximum absolute atomic E-state index is 12.7. The molecule has 1 aliphatic rings. The highest BCUT2D eigenvalue weighted by Crippen LogP contribution is 2.29. The quantitative estimate of drug-likeness (QED) is 0.493. The van der Waals surface area contributed by atoms with Crippen molar-refractivity contribution in [1.29, 1.82) is 0 Å². The zero-order valence-corrected chi connectivity index (χ0v) is 22.9. The molecule has 202 valence electrons. The molecule has 0 aliphatic carbocycles. The fraction of sp³-hybridized carbons (Fsp3) is 0.600. The number of hydrogen-bond acceptors (Lipinski definition) is 8. The van der Waals surface area contributed by atoms with Gasteiger partial charge in [-0.05, 0) is 73.2 Å². The zero-order chi connectivity index (χ0) is 27.2. The second-order valence-corrected chi connectivity index (χ2v) is 12.4. The molecular formula is C25H36N6O5S. The van der Waals surface area contributed by atoms with E-state index in [1.165, 1.54) is 16.4 Å².